The molecule has 0 amide bonds. The molecule has 2 heterocycles. The molecule has 0 aliphatic heterocycles. The van der Waals surface area contributed by atoms with Gasteiger partial charge >= 0.3 is 0 Å². The highest BCUT2D eigenvalue weighted by Crippen LogP contribution is 2.23. The quantitative estimate of drug-likeness (QED) is 0.636. The van der Waals surface area contributed by atoms with Gasteiger partial charge in [-0.15, -0.1) is 0 Å². The van der Waals surface area contributed by atoms with E-state index in [2.05, 4.69) is 72.1 Å². The Morgan fingerprint density at radius 2 is 1.85 bits per heavy atom. The van der Waals surface area contributed by atoms with Crippen molar-refractivity contribution in [1.29, 1.82) is 0 Å². The predicted octanol–water partition coefficient (Wildman–Crippen LogP) is 4.59. The van der Waals surface area contributed by atoms with Gasteiger partial charge in [-0.1, -0.05) is 18.2 Å². The van der Waals surface area contributed by atoms with Crippen molar-refractivity contribution in [1.82, 2.24) is 20.2 Å². The van der Waals surface area contributed by atoms with Crippen LogP contribution < -0.4 is 5.32 Å². The summed E-state index contributed by atoms with van der Waals surface area (Å²) in [6, 6.07) is 12.6. The Labute approximate surface area is 167 Å². The van der Waals surface area contributed by atoms with E-state index >= 15 is 0 Å². The Bertz CT molecular complexity index is 909. The molecule has 3 aromatic rings. The fraction of sp³-hybridized carbons (Fsp3) is 0.364. The first-order valence-electron chi connectivity index (χ1n) is 9.36. The molecule has 1 aromatic carbocycles. The molecule has 4 nitrogen and oxygen atoms in total. The number of nitrogens with zero attached hydrogens (tertiary/aromatic N) is 2. The van der Waals surface area contributed by atoms with Gasteiger partial charge in [-0.05, 0) is 75.7 Å². The summed E-state index contributed by atoms with van der Waals surface area (Å²) in [6.07, 6.45) is 4.60. The van der Waals surface area contributed by atoms with E-state index in [-0.39, 0.29) is 5.54 Å². The van der Waals surface area contributed by atoms with Crippen LogP contribution in [-0.2, 0) is 13.0 Å². The van der Waals surface area contributed by atoms with Gasteiger partial charge in [0.15, 0.2) is 5.11 Å². The van der Waals surface area contributed by atoms with Crippen LogP contribution in [0.2, 0.25) is 0 Å². The summed E-state index contributed by atoms with van der Waals surface area (Å²) in [7, 11) is 0. The number of nitrogens with one attached hydrogen (secondary N) is 2. The largest absolute Gasteiger partial charge is 0.358 e. The van der Waals surface area contributed by atoms with E-state index < -0.39 is 0 Å². The maximum Gasteiger partial charge on any atom is 0.169 e. The maximum absolute atomic E-state index is 5.74. The molecule has 0 fully saturated rings. The van der Waals surface area contributed by atoms with Crippen LogP contribution in [-0.4, -0.2) is 32.1 Å². The number of aromatic nitrogens is 2. The normalized spacial score (nSPS) is 11.6. The molecule has 0 aliphatic rings. The van der Waals surface area contributed by atoms with Crippen LogP contribution in [0.4, 0.5) is 0 Å². The zero-order valence-corrected chi connectivity index (χ0v) is 17.4. The molecule has 0 radical (unpaired) electrons. The second kappa shape index (κ2) is 8.09. The third-order valence-corrected chi connectivity index (χ3v) is 4.91. The van der Waals surface area contributed by atoms with Gasteiger partial charge < -0.3 is 15.2 Å². The maximum atomic E-state index is 5.74. The number of hydrogen-bond donors (Lipinski definition) is 2. The van der Waals surface area contributed by atoms with Gasteiger partial charge in [0.05, 0.1) is 0 Å². The minimum atomic E-state index is -0.0652. The van der Waals surface area contributed by atoms with Gasteiger partial charge in [0, 0.05) is 47.6 Å². The number of hydrogen-bond acceptors (Lipinski definition) is 2. The third kappa shape index (κ3) is 5.07. The van der Waals surface area contributed by atoms with Crippen molar-refractivity contribution in [2.75, 3.05) is 6.54 Å². The van der Waals surface area contributed by atoms with E-state index in [9.17, 15) is 0 Å². The number of thiocarbonyl (C=S) groups is 1. The smallest absolute Gasteiger partial charge is 0.169 e. The molecule has 142 valence electrons. The lowest BCUT2D eigenvalue weighted by molar-refractivity contribution is 0.385. The van der Waals surface area contributed by atoms with Crippen LogP contribution in [0, 0.1) is 6.92 Å². The molecule has 0 saturated carbocycles. The summed E-state index contributed by atoms with van der Waals surface area (Å²) in [5.74, 6) is 0. The van der Waals surface area contributed by atoms with Gasteiger partial charge in [-0.2, -0.15) is 0 Å². The highest BCUT2D eigenvalue weighted by molar-refractivity contribution is 7.80. The number of pyridine rings is 1. The molecule has 5 heteroatoms. The molecular weight excluding hydrogens is 352 g/mol. The van der Waals surface area contributed by atoms with Gasteiger partial charge in [0.25, 0.3) is 0 Å². The fourth-order valence-electron chi connectivity index (χ4n) is 3.26. The van der Waals surface area contributed by atoms with Crippen molar-refractivity contribution in [2.45, 2.75) is 46.2 Å². The molecule has 3 rings (SSSR count). The Balaban J connectivity index is 1.80. The topological polar surface area (TPSA) is 44.0 Å². The Morgan fingerprint density at radius 3 is 2.56 bits per heavy atom. The average Bonchev–Trinajstić information content (AvgIpc) is 2.93. The highest BCUT2D eigenvalue weighted by Gasteiger charge is 2.18. The average molecular weight is 381 g/mol. The van der Waals surface area contributed by atoms with Crippen LogP contribution in [0.25, 0.3) is 10.9 Å². The number of para-hydroxylation sites is 1. The summed E-state index contributed by atoms with van der Waals surface area (Å²) in [5.41, 5.74) is 4.93. The fourth-order valence-corrected chi connectivity index (χ4v) is 3.73. The molecule has 0 bridgehead atoms. The minimum absolute atomic E-state index is 0.0652. The predicted molar refractivity (Wildman–Crippen MR) is 117 cm³/mol. The second-order valence-corrected chi connectivity index (χ2v) is 8.37. The van der Waals surface area contributed by atoms with Crippen LogP contribution in [0.1, 0.15) is 37.6 Å². The second-order valence-electron chi connectivity index (χ2n) is 7.98. The first-order chi connectivity index (χ1) is 12.8. The monoisotopic (exact) mass is 380 g/mol. The Morgan fingerprint density at radius 1 is 1.15 bits per heavy atom. The van der Waals surface area contributed by atoms with E-state index in [1.54, 1.807) is 0 Å². The zero-order chi connectivity index (χ0) is 19.4. The SMILES string of the molecule is Cc1[nH]c2ccccc2c1CCN(Cc1ccncc1)C(=S)NC(C)(C)C. The highest BCUT2D eigenvalue weighted by atomic mass is 32.1. The van der Waals surface area contributed by atoms with Crippen LogP contribution in [0.15, 0.2) is 48.8 Å². The van der Waals surface area contributed by atoms with Crippen molar-refractivity contribution in [3.05, 3.63) is 65.6 Å². The molecule has 0 spiro atoms. The van der Waals surface area contributed by atoms with E-state index in [4.69, 9.17) is 12.2 Å². The molecule has 0 unspecified atom stereocenters. The standard InChI is InChI=1S/C22H28N4S/c1-16-18(19-7-5-6-8-20(19)24-16)11-14-26(21(27)25-22(2,3)4)15-17-9-12-23-13-10-17/h5-10,12-13,24H,11,14-15H2,1-4H3,(H,25,27). The van der Waals surface area contributed by atoms with Gasteiger partial charge in [-0.25, -0.2) is 0 Å². The van der Waals surface area contributed by atoms with E-state index in [1.165, 1.54) is 27.7 Å². The van der Waals surface area contributed by atoms with Crippen molar-refractivity contribution in [3.63, 3.8) is 0 Å². The van der Waals surface area contributed by atoms with E-state index in [0.29, 0.717) is 0 Å². The lowest BCUT2D eigenvalue weighted by Gasteiger charge is -2.31. The third-order valence-electron chi connectivity index (χ3n) is 4.55. The lowest BCUT2D eigenvalue weighted by Crippen LogP contribution is -2.48. The van der Waals surface area contributed by atoms with Gasteiger partial charge in [0.2, 0.25) is 0 Å². The van der Waals surface area contributed by atoms with Crippen molar-refractivity contribution in [3.8, 4) is 0 Å². The number of aromatic amines is 1. The molecule has 0 saturated heterocycles. The van der Waals surface area contributed by atoms with Crippen LogP contribution in [0.5, 0.6) is 0 Å². The molecule has 2 aromatic heterocycles. The van der Waals surface area contributed by atoms with Crippen molar-refractivity contribution >= 4 is 28.2 Å². The molecular formula is C22H28N4S. The van der Waals surface area contributed by atoms with E-state index in [0.717, 1.165) is 24.6 Å². The number of H-pyrrole nitrogens is 1. The molecule has 0 aliphatic carbocycles. The Kier molecular flexibility index (Phi) is 5.80. The summed E-state index contributed by atoms with van der Waals surface area (Å²) in [4.78, 5) is 9.86. The zero-order valence-electron chi connectivity index (χ0n) is 16.5. The van der Waals surface area contributed by atoms with Gasteiger partial charge in [0.1, 0.15) is 0 Å². The van der Waals surface area contributed by atoms with Crippen LogP contribution in [0.3, 0.4) is 0 Å². The lowest BCUT2D eigenvalue weighted by atomic mass is 10.1. The summed E-state index contributed by atoms with van der Waals surface area (Å²) in [5, 5.41) is 5.54. The summed E-state index contributed by atoms with van der Waals surface area (Å²) < 4.78 is 0. The number of aryl methyl sites for hydroxylation is 1. The number of benzene rings is 1. The van der Waals surface area contributed by atoms with Crippen LogP contribution >= 0.6 is 12.2 Å². The Hall–Kier alpha value is -2.40. The van der Waals surface area contributed by atoms with Gasteiger partial charge in [-0.3, -0.25) is 4.98 Å². The first kappa shape index (κ1) is 19.4. The van der Waals surface area contributed by atoms with Crippen molar-refractivity contribution in [2.24, 2.45) is 0 Å². The summed E-state index contributed by atoms with van der Waals surface area (Å²) >= 11 is 5.74. The molecule has 27 heavy (non-hydrogen) atoms. The first-order valence-corrected chi connectivity index (χ1v) is 9.76. The molecule has 0 atom stereocenters. The molecule has 2 N–H and O–H groups in total. The van der Waals surface area contributed by atoms with E-state index in [1.807, 2.05) is 24.5 Å². The summed E-state index contributed by atoms with van der Waals surface area (Å²) in [6.45, 7) is 10.2. The van der Waals surface area contributed by atoms with Crippen molar-refractivity contribution < 1.29 is 0 Å². The minimum Gasteiger partial charge on any atom is -0.358 e. The number of rotatable bonds is 5. The number of fused-ring (bicyclic) bond motifs is 1.